The predicted octanol–water partition coefficient (Wildman–Crippen LogP) is 3.66. The summed E-state index contributed by atoms with van der Waals surface area (Å²) in [4.78, 5) is 11.2. The van der Waals surface area contributed by atoms with E-state index in [-0.39, 0.29) is 5.92 Å². The lowest BCUT2D eigenvalue weighted by Gasteiger charge is -2.15. The van der Waals surface area contributed by atoms with E-state index in [0.29, 0.717) is 0 Å². The van der Waals surface area contributed by atoms with E-state index < -0.39 is 5.97 Å². The van der Waals surface area contributed by atoms with Crippen LogP contribution in [0.4, 0.5) is 0 Å². The Hall–Kier alpha value is -1.31. The van der Waals surface area contributed by atoms with Gasteiger partial charge >= 0.3 is 5.97 Å². The number of hydrogen-bond donors (Lipinski definition) is 1. The number of carbonyl (C=O) groups is 1. The smallest absolute Gasteiger partial charge is 0.310 e. The number of carboxylic acids is 1. The van der Waals surface area contributed by atoms with Crippen LogP contribution in [0.25, 0.3) is 0 Å². The molecule has 0 aliphatic carbocycles. The molecule has 1 atom stereocenters. The van der Waals surface area contributed by atoms with Crippen LogP contribution < -0.4 is 0 Å². The molecule has 0 radical (unpaired) electrons. The van der Waals surface area contributed by atoms with Gasteiger partial charge in [-0.1, -0.05) is 43.5 Å². The van der Waals surface area contributed by atoms with Gasteiger partial charge in [0.15, 0.2) is 0 Å². The van der Waals surface area contributed by atoms with Gasteiger partial charge in [0.1, 0.15) is 0 Å². The average Bonchev–Trinajstić information content (AvgIpc) is 2.20. The van der Waals surface area contributed by atoms with E-state index in [1.165, 1.54) is 5.56 Å². The molecule has 1 rings (SSSR count). The Balaban J connectivity index is 2.96. The molecule has 16 heavy (non-hydrogen) atoms. The van der Waals surface area contributed by atoms with Crippen molar-refractivity contribution in [2.45, 2.75) is 46.0 Å². The molecule has 0 amide bonds. The lowest BCUT2D eigenvalue weighted by Crippen LogP contribution is -2.13. The molecule has 0 aliphatic heterocycles. The monoisotopic (exact) mass is 220 g/mol. The topological polar surface area (TPSA) is 37.3 Å². The molecule has 0 heterocycles. The first-order valence-electron chi connectivity index (χ1n) is 5.86. The Bertz CT molecular complexity index is 369. The minimum Gasteiger partial charge on any atom is -0.481 e. The zero-order valence-electron chi connectivity index (χ0n) is 10.3. The largest absolute Gasteiger partial charge is 0.481 e. The molecule has 0 aliphatic rings. The maximum absolute atomic E-state index is 11.2. The van der Waals surface area contributed by atoms with Crippen molar-refractivity contribution < 1.29 is 9.90 Å². The molecule has 2 heteroatoms. The van der Waals surface area contributed by atoms with Gasteiger partial charge in [-0.2, -0.15) is 0 Å². The number of carboxylic acid groups (broad SMARTS) is 1. The zero-order valence-corrected chi connectivity index (χ0v) is 10.3. The molecule has 0 saturated carbocycles. The Morgan fingerprint density at radius 1 is 1.38 bits per heavy atom. The lowest BCUT2D eigenvalue weighted by molar-refractivity contribution is -0.139. The molecule has 2 nitrogen and oxygen atoms in total. The highest BCUT2D eigenvalue weighted by Gasteiger charge is 2.20. The van der Waals surface area contributed by atoms with Crippen LogP contribution in [-0.2, 0) is 4.79 Å². The molecule has 0 fully saturated rings. The molecule has 1 N–H and O–H groups in total. The van der Waals surface area contributed by atoms with Gasteiger partial charge in [-0.25, -0.2) is 0 Å². The Kier molecular flexibility index (Phi) is 4.53. The molecule has 88 valence electrons. The van der Waals surface area contributed by atoms with E-state index in [2.05, 4.69) is 13.0 Å². The summed E-state index contributed by atoms with van der Waals surface area (Å²) >= 11 is 0. The lowest BCUT2D eigenvalue weighted by atomic mass is 9.90. The number of benzene rings is 1. The van der Waals surface area contributed by atoms with Crippen LogP contribution in [0.5, 0.6) is 0 Å². The highest BCUT2D eigenvalue weighted by Crippen LogP contribution is 2.26. The van der Waals surface area contributed by atoms with Crippen molar-refractivity contribution in [2.75, 3.05) is 0 Å². The molecule has 0 saturated heterocycles. The van der Waals surface area contributed by atoms with Crippen LogP contribution in [0, 0.1) is 13.8 Å². The molecular formula is C14H20O2. The minimum absolute atomic E-state index is 0.347. The first kappa shape index (κ1) is 12.8. The molecule has 1 unspecified atom stereocenters. The van der Waals surface area contributed by atoms with Gasteiger partial charge in [0.25, 0.3) is 0 Å². The maximum atomic E-state index is 11.2. The molecule has 1 aromatic carbocycles. The third kappa shape index (κ3) is 3.09. The van der Waals surface area contributed by atoms with Gasteiger partial charge in [0, 0.05) is 0 Å². The van der Waals surface area contributed by atoms with Crippen LogP contribution in [0.15, 0.2) is 18.2 Å². The van der Waals surface area contributed by atoms with E-state index in [1.54, 1.807) is 0 Å². The van der Waals surface area contributed by atoms with Crippen LogP contribution in [0.2, 0.25) is 0 Å². The summed E-state index contributed by atoms with van der Waals surface area (Å²) in [6.07, 6.45) is 2.73. The molecular weight excluding hydrogens is 200 g/mol. The SMILES string of the molecule is CCCCC(C(=O)O)c1ccc(C)cc1C. The van der Waals surface area contributed by atoms with Crippen molar-refractivity contribution in [3.63, 3.8) is 0 Å². The summed E-state index contributed by atoms with van der Waals surface area (Å²) in [5.41, 5.74) is 3.23. The second kappa shape index (κ2) is 5.69. The molecule has 0 spiro atoms. The van der Waals surface area contributed by atoms with Crippen molar-refractivity contribution >= 4 is 5.97 Å². The van der Waals surface area contributed by atoms with Gasteiger partial charge in [0.05, 0.1) is 5.92 Å². The number of aliphatic carboxylic acids is 1. The first-order valence-corrected chi connectivity index (χ1v) is 5.86. The van der Waals surface area contributed by atoms with E-state index in [4.69, 9.17) is 0 Å². The fourth-order valence-corrected chi connectivity index (χ4v) is 2.04. The summed E-state index contributed by atoms with van der Waals surface area (Å²) in [5, 5.41) is 9.25. The third-order valence-corrected chi connectivity index (χ3v) is 2.95. The molecule has 1 aromatic rings. The highest BCUT2D eigenvalue weighted by atomic mass is 16.4. The van der Waals surface area contributed by atoms with Crippen molar-refractivity contribution in [1.82, 2.24) is 0 Å². The second-order valence-corrected chi connectivity index (χ2v) is 4.39. The Morgan fingerprint density at radius 3 is 2.56 bits per heavy atom. The van der Waals surface area contributed by atoms with Crippen LogP contribution >= 0.6 is 0 Å². The van der Waals surface area contributed by atoms with Gasteiger partial charge in [-0.15, -0.1) is 0 Å². The first-order chi connectivity index (χ1) is 7.56. The normalized spacial score (nSPS) is 12.4. The highest BCUT2D eigenvalue weighted by molar-refractivity contribution is 5.76. The molecule has 0 bridgehead atoms. The van der Waals surface area contributed by atoms with Gasteiger partial charge in [-0.05, 0) is 31.4 Å². The second-order valence-electron chi connectivity index (χ2n) is 4.39. The van der Waals surface area contributed by atoms with Crippen molar-refractivity contribution in [1.29, 1.82) is 0 Å². The number of aryl methyl sites for hydroxylation is 2. The van der Waals surface area contributed by atoms with Crippen molar-refractivity contribution in [3.05, 3.63) is 34.9 Å². The summed E-state index contributed by atoms with van der Waals surface area (Å²) in [7, 11) is 0. The summed E-state index contributed by atoms with van der Waals surface area (Å²) in [5.74, 6) is -1.05. The fraction of sp³-hybridized carbons (Fsp3) is 0.500. The van der Waals surface area contributed by atoms with E-state index in [0.717, 1.165) is 30.4 Å². The predicted molar refractivity (Wildman–Crippen MR) is 65.8 cm³/mol. The van der Waals surface area contributed by atoms with Gasteiger partial charge in [-0.3, -0.25) is 4.79 Å². The average molecular weight is 220 g/mol. The Morgan fingerprint density at radius 2 is 2.06 bits per heavy atom. The van der Waals surface area contributed by atoms with Gasteiger partial charge in [0.2, 0.25) is 0 Å². The van der Waals surface area contributed by atoms with Gasteiger partial charge < -0.3 is 5.11 Å². The number of unbranched alkanes of at least 4 members (excludes halogenated alkanes) is 1. The van der Waals surface area contributed by atoms with Crippen LogP contribution in [0.1, 0.15) is 48.8 Å². The molecule has 0 aromatic heterocycles. The Labute approximate surface area is 97.3 Å². The zero-order chi connectivity index (χ0) is 12.1. The summed E-state index contributed by atoms with van der Waals surface area (Å²) < 4.78 is 0. The minimum atomic E-state index is -0.708. The van der Waals surface area contributed by atoms with Crippen LogP contribution in [0.3, 0.4) is 0 Å². The van der Waals surface area contributed by atoms with E-state index in [9.17, 15) is 9.90 Å². The van der Waals surface area contributed by atoms with E-state index >= 15 is 0 Å². The quantitative estimate of drug-likeness (QED) is 0.822. The summed E-state index contributed by atoms with van der Waals surface area (Å²) in [6, 6.07) is 6.00. The van der Waals surface area contributed by atoms with Crippen molar-refractivity contribution in [2.24, 2.45) is 0 Å². The number of rotatable bonds is 5. The summed E-state index contributed by atoms with van der Waals surface area (Å²) in [6.45, 7) is 6.10. The number of hydrogen-bond acceptors (Lipinski definition) is 1. The standard InChI is InChI=1S/C14H20O2/c1-4-5-6-13(14(15)16)12-8-7-10(2)9-11(12)3/h7-9,13H,4-6H2,1-3H3,(H,15,16). The van der Waals surface area contributed by atoms with E-state index in [1.807, 2.05) is 26.0 Å². The third-order valence-electron chi connectivity index (χ3n) is 2.95. The fourth-order valence-electron chi connectivity index (χ4n) is 2.04. The van der Waals surface area contributed by atoms with Crippen LogP contribution in [-0.4, -0.2) is 11.1 Å². The van der Waals surface area contributed by atoms with Crippen molar-refractivity contribution in [3.8, 4) is 0 Å². The maximum Gasteiger partial charge on any atom is 0.310 e.